The molecule has 1 amide bonds. The summed E-state index contributed by atoms with van der Waals surface area (Å²) in [7, 11) is 0. The predicted molar refractivity (Wildman–Crippen MR) is 102 cm³/mol. The fraction of sp³-hybridized carbons (Fsp3) is 0.476. The molecule has 4 nitrogen and oxygen atoms in total. The second-order valence-electron chi connectivity index (χ2n) is 7.62. The van der Waals surface area contributed by atoms with Crippen LogP contribution in [0.2, 0.25) is 0 Å². The fourth-order valence-electron chi connectivity index (χ4n) is 4.76. The van der Waals surface area contributed by atoms with Crippen LogP contribution in [0, 0.1) is 5.92 Å². The van der Waals surface area contributed by atoms with E-state index in [0.717, 1.165) is 45.4 Å². The molecule has 5 heterocycles. The molecule has 0 spiro atoms. The Hall–Kier alpha value is -1.85. The molecule has 2 unspecified atom stereocenters. The summed E-state index contributed by atoms with van der Waals surface area (Å²) in [6.07, 6.45) is 3.14. The zero-order valence-corrected chi connectivity index (χ0v) is 15.7. The Bertz CT molecular complexity index is 783. The van der Waals surface area contributed by atoms with Gasteiger partial charge in [0.15, 0.2) is 0 Å². The van der Waals surface area contributed by atoms with Crippen molar-refractivity contribution in [3.8, 4) is 0 Å². The Balaban J connectivity index is 1.41. The maximum atomic E-state index is 13.1. The van der Waals surface area contributed by atoms with Gasteiger partial charge in [0.05, 0.1) is 6.04 Å². The van der Waals surface area contributed by atoms with Gasteiger partial charge in [0.2, 0.25) is 0 Å². The summed E-state index contributed by atoms with van der Waals surface area (Å²) in [5.41, 5.74) is 2.59. The summed E-state index contributed by atoms with van der Waals surface area (Å²) in [5.74, 6) is 0.543. The number of thiophene rings is 1. The van der Waals surface area contributed by atoms with Gasteiger partial charge in [-0.15, -0.1) is 11.3 Å². The van der Waals surface area contributed by atoms with Crippen molar-refractivity contribution < 1.29 is 9.53 Å². The summed E-state index contributed by atoms with van der Waals surface area (Å²) in [6, 6.07) is 12.7. The normalized spacial score (nSPS) is 30.1. The van der Waals surface area contributed by atoms with E-state index in [1.54, 1.807) is 11.3 Å². The van der Waals surface area contributed by atoms with Crippen molar-refractivity contribution in [3.63, 3.8) is 0 Å². The van der Waals surface area contributed by atoms with E-state index in [4.69, 9.17) is 4.74 Å². The average Bonchev–Trinajstić information content (AvgIpc) is 3.22. The molecule has 0 saturated carbocycles. The minimum Gasteiger partial charge on any atom is -0.444 e. The van der Waals surface area contributed by atoms with Gasteiger partial charge in [0, 0.05) is 18.0 Å². The third kappa shape index (κ3) is 2.83. The number of piperidine rings is 3. The largest absolute Gasteiger partial charge is 0.444 e. The van der Waals surface area contributed by atoms with Crippen molar-refractivity contribution in [1.29, 1.82) is 0 Å². The molecule has 1 aromatic carbocycles. The molecule has 3 saturated heterocycles. The van der Waals surface area contributed by atoms with Crippen molar-refractivity contribution >= 4 is 17.4 Å². The van der Waals surface area contributed by atoms with E-state index in [2.05, 4.69) is 46.7 Å². The highest BCUT2D eigenvalue weighted by Crippen LogP contribution is 2.38. The Labute approximate surface area is 158 Å². The van der Waals surface area contributed by atoms with Crippen molar-refractivity contribution in [3.05, 3.63) is 57.8 Å². The highest BCUT2D eigenvalue weighted by atomic mass is 32.1. The van der Waals surface area contributed by atoms with Crippen LogP contribution < -0.4 is 0 Å². The molecule has 5 heteroatoms. The van der Waals surface area contributed by atoms with Gasteiger partial charge in [0.25, 0.3) is 0 Å². The van der Waals surface area contributed by atoms with Crippen LogP contribution in [0.1, 0.15) is 34.9 Å². The third-order valence-corrected chi connectivity index (χ3v) is 7.10. The SMILES string of the molecule is O=C(OC1CN2CCC1CC2)N1CCc2ccccc2C1c1cccs1. The van der Waals surface area contributed by atoms with Crippen molar-refractivity contribution in [1.82, 2.24) is 9.80 Å². The first-order chi connectivity index (χ1) is 12.8. The lowest BCUT2D eigenvalue weighted by Gasteiger charge is -2.45. The molecular formula is C21H24N2O2S. The van der Waals surface area contributed by atoms with Crippen LogP contribution in [-0.4, -0.2) is 48.2 Å². The maximum absolute atomic E-state index is 13.1. The summed E-state index contributed by atoms with van der Waals surface area (Å²) >= 11 is 1.71. The van der Waals surface area contributed by atoms with Crippen molar-refractivity contribution in [2.45, 2.75) is 31.4 Å². The molecule has 4 aliphatic rings. The number of benzene rings is 1. The number of hydrogen-bond donors (Lipinski definition) is 0. The van der Waals surface area contributed by atoms with Gasteiger partial charge < -0.3 is 4.74 Å². The summed E-state index contributed by atoms with van der Waals surface area (Å²) in [4.78, 5) is 18.7. The number of hydrogen-bond acceptors (Lipinski definition) is 4. The Morgan fingerprint density at radius 1 is 1.08 bits per heavy atom. The molecule has 0 N–H and O–H groups in total. The third-order valence-electron chi connectivity index (χ3n) is 6.18. The number of rotatable bonds is 2. The van der Waals surface area contributed by atoms with Crippen molar-refractivity contribution in [2.75, 3.05) is 26.2 Å². The van der Waals surface area contributed by atoms with Gasteiger partial charge in [0.1, 0.15) is 6.10 Å². The molecule has 1 aromatic heterocycles. The molecule has 2 aromatic rings. The zero-order valence-electron chi connectivity index (χ0n) is 14.8. The summed E-state index contributed by atoms with van der Waals surface area (Å²) in [5, 5.41) is 2.09. The number of nitrogens with zero attached hydrogens (tertiary/aromatic N) is 2. The first-order valence-electron chi connectivity index (χ1n) is 9.60. The first kappa shape index (κ1) is 16.3. The number of carbonyl (C=O) groups is 1. The van der Waals surface area contributed by atoms with Gasteiger partial charge in [-0.3, -0.25) is 9.80 Å². The first-order valence-corrected chi connectivity index (χ1v) is 10.5. The van der Waals surface area contributed by atoms with Gasteiger partial charge in [-0.1, -0.05) is 30.3 Å². The number of amides is 1. The second-order valence-corrected chi connectivity index (χ2v) is 8.60. The van der Waals surface area contributed by atoms with Crippen molar-refractivity contribution in [2.24, 2.45) is 5.92 Å². The Kier molecular flexibility index (Phi) is 4.21. The highest BCUT2D eigenvalue weighted by Gasteiger charge is 2.39. The Morgan fingerprint density at radius 3 is 2.65 bits per heavy atom. The molecular weight excluding hydrogens is 344 g/mol. The van der Waals surface area contributed by atoms with Crippen LogP contribution >= 0.6 is 11.3 Å². The topological polar surface area (TPSA) is 32.8 Å². The maximum Gasteiger partial charge on any atom is 0.410 e. The lowest BCUT2D eigenvalue weighted by molar-refractivity contribution is -0.0461. The molecule has 2 bridgehead atoms. The van der Waals surface area contributed by atoms with Gasteiger partial charge in [-0.25, -0.2) is 4.79 Å². The molecule has 2 atom stereocenters. The number of fused-ring (bicyclic) bond motifs is 4. The van der Waals surface area contributed by atoms with E-state index in [-0.39, 0.29) is 18.2 Å². The average molecular weight is 369 g/mol. The molecule has 3 fully saturated rings. The van der Waals surface area contributed by atoms with Crippen LogP contribution in [0.4, 0.5) is 4.79 Å². The number of ether oxygens (including phenoxy) is 1. The lowest BCUT2D eigenvalue weighted by Crippen LogP contribution is -2.53. The lowest BCUT2D eigenvalue weighted by atomic mass is 9.86. The summed E-state index contributed by atoms with van der Waals surface area (Å²) < 4.78 is 6.06. The van der Waals surface area contributed by atoms with Crippen LogP contribution in [-0.2, 0) is 11.2 Å². The van der Waals surface area contributed by atoms with E-state index in [0.29, 0.717) is 5.92 Å². The Morgan fingerprint density at radius 2 is 1.92 bits per heavy atom. The molecule has 4 aliphatic heterocycles. The fourth-order valence-corrected chi connectivity index (χ4v) is 5.61. The quantitative estimate of drug-likeness (QED) is 0.805. The smallest absolute Gasteiger partial charge is 0.410 e. The molecule has 26 heavy (non-hydrogen) atoms. The molecule has 0 aliphatic carbocycles. The van der Waals surface area contributed by atoms with E-state index in [1.165, 1.54) is 16.0 Å². The highest BCUT2D eigenvalue weighted by molar-refractivity contribution is 7.10. The molecule has 0 radical (unpaired) electrons. The monoisotopic (exact) mass is 368 g/mol. The van der Waals surface area contributed by atoms with E-state index in [1.807, 2.05) is 4.90 Å². The van der Waals surface area contributed by atoms with Gasteiger partial charge in [-0.05, 0) is 60.8 Å². The van der Waals surface area contributed by atoms with Crippen LogP contribution in [0.3, 0.4) is 0 Å². The summed E-state index contributed by atoms with van der Waals surface area (Å²) in [6.45, 7) is 3.95. The molecule has 136 valence electrons. The zero-order chi connectivity index (χ0) is 17.5. The van der Waals surface area contributed by atoms with E-state index < -0.39 is 0 Å². The molecule has 6 rings (SSSR count). The predicted octanol–water partition coefficient (Wildman–Crippen LogP) is 3.93. The minimum atomic E-state index is -0.142. The minimum absolute atomic E-state index is 0.0199. The van der Waals surface area contributed by atoms with Gasteiger partial charge in [-0.2, -0.15) is 0 Å². The standard InChI is InChI=1S/C21H24N2O2S/c24-21(25-18-14-22-10-7-16(18)8-11-22)23-12-9-15-4-1-2-5-17(15)20(23)19-6-3-13-26-19/h1-6,13,16,18,20H,7-12,14H2. The van der Waals surface area contributed by atoms with E-state index in [9.17, 15) is 4.79 Å². The second kappa shape index (κ2) is 6.71. The van der Waals surface area contributed by atoms with Gasteiger partial charge >= 0.3 is 6.09 Å². The van der Waals surface area contributed by atoms with Crippen LogP contribution in [0.25, 0.3) is 0 Å². The van der Waals surface area contributed by atoms with E-state index >= 15 is 0 Å². The number of carbonyl (C=O) groups excluding carboxylic acids is 1. The van der Waals surface area contributed by atoms with Crippen LogP contribution in [0.5, 0.6) is 0 Å². The van der Waals surface area contributed by atoms with Crippen LogP contribution in [0.15, 0.2) is 41.8 Å².